The first kappa shape index (κ1) is 20.1. The molecule has 1 aromatic carbocycles. The molecule has 3 aliphatic heterocycles. The smallest absolute Gasteiger partial charge is 0.163 e. The molecular formula is C25H32N4O3. The average molecular weight is 437 g/mol. The van der Waals surface area contributed by atoms with Gasteiger partial charge < -0.3 is 29.0 Å². The molecule has 32 heavy (non-hydrogen) atoms. The lowest BCUT2D eigenvalue weighted by Gasteiger charge is -2.45. The van der Waals surface area contributed by atoms with Crippen LogP contribution >= 0.6 is 0 Å². The maximum Gasteiger partial charge on any atom is 0.163 e. The number of hydrogen-bond acceptors (Lipinski definition) is 6. The minimum Gasteiger partial charge on any atom is -0.493 e. The molecule has 0 saturated carbocycles. The van der Waals surface area contributed by atoms with Crippen LogP contribution in [0.1, 0.15) is 32.1 Å². The van der Waals surface area contributed by atoms with Crippen molar-refractivity contribution in [2.75, 3.05) is 58.0 Å². The van der Waals surface area contributed by atoms with Gasteiger partial charge in [-0.2, -0.15) is 0 Å². The monoisotopic (exact) mass is 436 g/mol. The van der Waals surface area contributed by atoms with Gasteiger partial charge >= 0.3 is 0 Å². The van der Waals surface area contributed by atoms with Gasteiger partial charge in [0.2, 0.25) is 0 Å². The van der Waals surface area contributed by atoms with Crippen LogP contribution in [0.2, 0.25) is 0 Å². The summed E-state index contributed by atoms with van der Waals surface area (Å²) in [7, 11) is 1.72. The second-order valence-corrected chi connectivity index (χ2v) is 9.45. The topological polar surface area (TPSA) is 62.9 Å². The molecule has 3 aromatic rings. The Morgan fingerprint density at radius 1 is 1.09 bits per heavy atom. The van der Waals surface area contributed by atoms with Crippen molar-refractivity contribution in [3.05, 3.63) is 24.4 Å². The molecule has 0 aliphatic carbocycles. The molecule has 2 aromatic heterocycles. The number of rotatable bonds is 7. The van der Waals surface area contributed by atoms with E-state index in [4.69, 9.17) is 19.2 Å². The highest BCUT2D eigenvalue weighted by molar-refractivity contribution is 6.13. The number of anilines is 1. The van der Waals surface area contributed by atoms with E-state index < -0.39 is 0 Å². The van der Waals surface area contributed by atoms with Gasteiger partial charge in [-0.05, 0) is 57.3 Å². The summed E-state index contributed by atoms with van der Waals surface area (Å²) in [4.78, 5) is 13.4. The summed E-state index contributed by atoms with van der Waals surface area (Å²) in [6.07, 6.45) is 7.95. The first-order valence-corrected chi connectivity index (χ1v) is 12.0. The van der Waals surface area contributed by atoms with Gasteiger partial charge in [-0.3, -0.25) is 0 Å². The second-order valence-electron chi connectivity index (χ2n) is 9.45. The van der Waals surface area contributed by atoms with E-state index in [2.05, 4.69) is 33.0 Å². The number of aromatic nitrogens is 2. The van der Waals surface area contributed by atoms with Gasteiger partial charge in [0.1, 0.15) is 5.82 Å². The van der Waals surface area contributed by atoms with E-state index in [1.165, 1.54) is 38.8 Å². The van der Waals surface area contributed by atoms with Crippen molar-refractivity contribution in [1.82, 2.24) is 14.9 Å². The van der Waals surface area contributed by atoms with Crippen molar-refractivity contribution in [2.45, 2.75) is 37.6 Å². The number of fused-ring (bicyclic) bond motifs is 3. The molecule has 7 heteroatoms. The Labute approximate surface area is 188 Å². The average Bonchev–Trinajstić information content (AvgIpc) is 3.53. The second kappa shape index (κ2) is 8.12. The van der Waals surface area contributed by atoms with E-state index in [9.17, 15) is 0 Å². The first-order chi connectivity index (χ1) is 15.8. The summed E-state index contributed by atoms with van der Waals surface area (Å²) >= 11 is 0. The Balaban J connectivity index is 1.31. The number of benzene rings is 1. The zero-order valence-electron chi connectivity index (χ0n) is 18.9. The van der Waals surface area contributed by atoms with Crippen LogP contribution in [0.3, 0.4) is 0 Å². The molecule has 5 heterocycles. The third-order valence-electron chi connectivity index (χ3n) is 7.44. The summed E-state index contributed by atoms with van der Waals surface area (Å²) in [6.45, 7) is 6.88. The van der Waals surface area contributed by atoms with Gasteiger partial charge in [0, 0.05) is 30.7 Å². The van der Waals surface area contributed by atoms with Gasteiger partial charge in [-0.25, -0.2) is 4.98 Å². The van der Waals surface area contributed by atoms with Gasteiger partial charge in [0.15, 0.2) is 11.5 Å². The molecule has 0 unspecified atom stereocenters. The van der Waals surface area contributed by atoms with Crippen LogP contribution in [0.15, 0.2) is 24.4 Å². The van der Waals surface area contributed by atoms with Crippen molar-refractivity contribution in [1.29, 1.82) is 0 Å². The summed E-state index contributed by atoms with van der Waals surface area (Å²) in [6, 6.07) is 6.25. The summed E-state index contributed by atoms with van der Waals surface area (Å²) in [5.74, 6) is 2.63. The molecule has 0 radical (unpaired) electrons. The van der Waals surface area contributed by atoms with E-state index in [0.717, 1.165) is 71.8 Å². The fourth-order valence-electron chi connectivity index (χ4n) is 5.70. The van der Waals surface area contributed by atoms with Crippen molar-refractivity contribution in [2.24, 2.45) is 0 Å². The number of pyridine rings is 1. The zero-order chi connectivity index (χ0) is 21.5. The Hall–Kier alpha value is -2.51. The van der Waals surface area contributed by atoms with Gasteiger partial charge in [0.25, 0.3) is 0 Å². The molecule has 3 aliphatic rings. The molecule has 3 fully saturated rings. The lowest BCUT2D eigenvalue weighted by molar-refractivity contribution is -0.0506. The Morgan fingerprint density at radius 2 is 1.97 bits per heavy atom. The largest absolute Gasteiger partial charge is 0.493 e. The van der Waals surface area contributed by atoms with E-state index in [-0.39, 0.29) is 5.54 Å². The normalized spacial score (nSPS) is 20.5. The Kier molecular flexibility index (Phi) is 5.11. The number of nitrogens with one attached hydrogen (secondary N) is 1. The molecule has 0 amide bonds. The molecular weight excluding hydrogens is 404 g/mol. The molecule has 0 atom stereocenters. The number of likely N-dealkylation sites (tertiary alicyclic amines) is 1. The lowest BCUT2D eigenvalue weighted by Crippen LogP contribution is -2.59. The van der Waals surface area contributed by atoms with Crippen LogP contribution in [0, 0.1) is 0 Å². The SMILES string of the molecule is COc1cc2c(cc1OCCCN1CCCC1)[nH]c1ccnc(N3CCCC34COC4)c12. The number of methoxy groups -OCH3 is 1. The van der Waals surface area contributed by atoms with Crippen LogP contribution in [-0.2, 0) is 4.74 Å². The number of nitrogens with zero attached hydrogens (tertiary/aromatic N) is 3. The maximum atomic E-state index is 6.17. The molecule has 0 bridgehead atoms. The van der Waals surface area contributed by atoms with Gasteiger partial charge in [0.05, 0.1) is 48.9 Å². The zero-order valence-corrected chi connectivity index (χ0v) is 18.9. The molecule has 1 N–H and O–H groups in total. The molecule has 7 nitrogen and oxygen atoms in total. The first-order valence-electron chi connectivity index (χ1n) is 12.0. The molecule has 6 rings (SSSR count). The number of aromatic amines is 1. The third kappa shape index (κ3) is 3.30. The Bertz CT molecular complexity index is 1120. The lowest BCUT2D eigenvalue weighted by atomic mass is 9.94. The van der Waals surface area contributed by atoms with Crippen LogP contribution < -0.4 is 14.4 Å². The van der Waals surface area contributed by atoms with Crippen molar-refractivity contribution < 1.29 is 14.2 Å². The summed E-state index contributed by atoms with van der Waals surface area (Å²) in [5, 5.41) is 2.29. The Morgan fingerprint density at radius 3 is 2.75 bits per heavy atom. The van der Waals surface area contributed by atoms with Crippen LogP contribution in [0.25, 0.3) is 21.8 Å². The van der Waals surface area contributed by atoms with E-state index >= 15 is 0 Å². The maximum absolute atomic E-state index is 6.17. The fourth-order valence-corrected chi connectivity index (χ4v) is 5.70. The standard InChI is InChI=1S/C25H32N4O3/c1-30-21-14-18-20(15-22(21)32-13-5-11-28-9-2-3-10-28)27-19-6-8-26-24(23(18)19)29-12-4-7-25(29)16-31-17-25/h6,8,14-15,27H,2-5,7,9-13,16-17H2,1H3. The predicted molar refractivity (Wildman–Crippen MR) is 126 cm³/mol. The minimum atomic E-state index is 0.118. The predicted octanol–water partition coefficient (Wildman–Crippen LogP) is 3.96. The van der Waals surface area contributed by atoms with E-state index in [1.54, 1.807) is 7.11 Å². The molecule has 170 valence electrons. The highest BCUT2D eigenvalue weighted by Gasteiger charge is 2.48. The number of hydrogen-bond donors (Lipinski definition) is 1. The van der Waals surface area contributed by atoms with Gasteiger partial charge in [-0.1, -0.05) is 0 Å². The third-order valence-corrected chi connectivity index (χ3v) is 7.44. The van der Waals surface area contributed by atoms with Crippen LogP contribution in [0.5, 0.6) is 11.5 Å². The van der Waals surface area contributed by atoms with Crippen molar-refractivity contribution in [3.63, 3.8) is 0 Å². The van der Waals surface area contributed by atoms with Crippen molar-refractivity contribution in [3.8, 4) is 11.5 Å². The summed E-state index contributed by atoms with van der Waals surface area (Å²) < 4.78 is 17.5. The number of H-pyrrole nitrogens is 1. The van der Waals surface area contributed by atoms with E-state index in [1.807, 2.05) is 6.20 Å². The van der Waals surface area contributed by atoms with E-state index in [0.29, 0.717) is 6.61 Å². The quantitative estimate of drug-likeness (QED) is 0.566. The van der Waals surface area contributed by atoms with Crippen LogP contribution in [-0.4, -0.2) is 73.5 Å². The fraction of sp³-hybridized carbons (Fsp3) is 0.560. The van der Waals surface area contributed by atoms with Crippen molar-refractivity contribution >= 4 is 27.6 Å². The molecule has 1 spiro atoms. The highest BCUT2D eigenvalue weighted by Crippen LogP contribution is 2.44. The highest BCUT2D eigenvalue weighted by atomic mass is 16.5. The minimum absolute atomic E-state index is 0.118. The molecule has 3 saturated heterocycles. The van der Waals surface area contributed by atoms with Gasteiger partial charge in [-0.15, -0.1) is 0 Å². The number of ether oxygens (including phenoxy) is 3. The van der Waals surface area contributed by atoms with Crippen LogP contribution in [0.4, 0.5) is 5.82 Å². The summed E-state index contributed by atoms with van der Waals surface area (Å²) in [5.41, 5.74) is 2.27.